The maximum Gasteiger partial charge on any atom is 0.126 e. The van der Waals surface area contributed by atoms with Gasteiger partial charge in [0.05, 0.1) is 4.87 Å². The number of ether oxygens (including phenoxy) is 1. The van der Waals surface area contributed by atoms with E-state index in [4.69, 9.17) is 4.74 Å². The summed E-state index contributed by atoms with van der Waals surface area (Å²) < 4.78 is 6.09. The number of rotatable bonds is 0. The minimum atomic E-state index is -0.0988. The molecule has 2 atom stereocenters. The fourth-order valence-electron chi connectivity index (χ4n) is 2.92. The molecular formula is C14H19NOS. The maximum absolute atomic E-state index is 6.09. The van der Waals surface area contributed by atoms with Crippen molar-refractivity contribution in [1.82, 2.24) is 5.32 Å². The zero-order valence-electron chi connectivity index (χ0n) is 10.6. The van der Waals surface area contributed by atoms with Crippen LogP contribution in [0.1, 0.15) is 32.8 Å². The first-order valence-electron chi connectivity index (χ1n) is 6.22. The number of fused-ring (bicyclic) bond motifs is 2. The number of nitrogens with one attached hydrogen (secondary N) is 1. The van der Waals surface area contributed by atoms with E-state index in [-0.39, 0.29) is 10.5 Å². The predicted octanol–water partition coefficient (Wildman–Crippen LogP) is 3.13. The highest BCUT2D eigenvalue weighted by molar-refractivity contribution is 8.01. The van der Waals surface area contributed by atoms with E-state index in [9.17, 15) is 0 Å². The normalized spacial score (nSPS) is 34.4. The molecule has 0 radical (unpaired) electrons. The number of hydrogen-bond acceptors (Lipinski definition) is 3. The van der Waals surface area contributed by atoms with Gasteiger partial charge in [0.2, 0.25) is 0 Å². The Morgan fingerprint density at radius 1 is 1.35 bits per heavy atom. The lowest BCUT2D eigenvalue weighted by Gasteiger charge is -2.43. The molecule has 3 rings (SSSR count). The monoisotopic (exact) mass is 249 g/mol. The summed E-state index contributed by atoms with van der Waals surface area (Å²) in [6, 6.07) is 8.44. The summed E-state index contributed by atoms with van der Waals surface area (Å²) in [4.78, 5) is 0.0533. The minimum absolute atomic E-state index is 0.0533. The molecule has 1 saturated heterocycles. The third-order valence-corrected chi connectivity index (χ3v) is 4.94. The Labute approximate surface area is 107 Å². The van der Waals surface area contributed by atoms with Crippen LogP contribution in [-0.4, -0.2) is 17.4 Å². The van der Waals surface area contributed by atoms with Crippen LogP contribution in [0.5, 0.6) is 5.75 Å². The lowest BCUT2D eigenvalue weighted by Crippen LogP contribution is -2.47. The van der Waals surface area contributed by atoms with Crippen molar-refractivity contribution in [2.45, 2.75) is 42.9 Å². The average molecular weight is 249 g/mol. The first kappa shape index (κ1) is 11.4. The summed E-state index contributed by atoms with van der Waals surface area (Å²) in [6.07, 6.45) is 1.02. The van der Waals surface area contributed by atoms with Gasteiger partial charge in [0.25, 0.3) is 0 Å². The van der Waals surface area contributed by atoms with Crippen molar-refractivity contribution in [3.05, 3.63) is 29.8 Å². The summed E-state index contributed by atoms with van der Waals surface area (Å²) in [5.74, 6) is 1.04. The van der Waals surface area contributed by atoms with Crippen molar-refractivity contribution in [2.24, 2.45) is 0 Å². The van der Waals surface area contributed by atoms with Gasteiger partial charge in [-0.15, -0.1) is 11.8 Å². The highest BCUT2D eigenvalue weighted by atomic mass is 32.2. The maximum atomic E-state index is 6.09. The fourth-order valence-corrected chi connectivity index (χ4v) is 4.66. The zero-order chi connectivity index (χ0) is 12.1. The molecule has 0 bridgehead atoms. The molecule has 2 nitrogen and oxygen atoms in total. The van der Waals surface area contributed by atoms with Crippen LogP contribution in [0.4, 0.5) is 0 Å². The van der Waals surface area contributed by atoms with Crippen molar-refractivity contribution >= 4 is 11.8 Å². The van der Waals surface area contributed by atoms with Gasteiger partial charge in [0.15, 0.2) is 0 Å². The first-order chi connectivity index (χ1) is 8.01. The number of thioether (sulfide) groups is 1. The van der Waals surface area contributed by atoms with E-state index in [1.165, 1.54) is 5.56 Å². The molecule has 2 unspecified atom stereocenters. The molecule has 3 heteroatoms. The Morgan fingerprint density at radius 3 is 2.82 bits per heavy atom. The van der Waals surface area contributed by atoms with Gasteiger partial charge in [-0.1, -0.05) is 25.1 Å². The predicted molar refractivity (Wildman–Crippen MR) is 72.5 cm³/mol. The van der Waals surface area contributed by atoms with Crippen LogP contribution in [-0.2, 0) is 4.87 Å². The molecule has 0 aliphatic carbocycles. The third kappa shape index (κ3) is 1.85. The lowest BCUT2D eigenvalue weighted by atomic mass is 9.89. The molecule has 0 saturated carbocycles. The van der Waals surface area contributed by atoms with Crippen LogP contribution in [0, 0.1) is 0 Å². The van der Waals surface area contributed by atoms with Gasteiger partial charge in [0.1, 0.15) is 11.4 Å². The van der Waals surface area contributed by atoms with Crippen LogP contribution in [0.25, 0.3) is 0 Å². The molecule has 1 spiro atoms. The minimum Gasteiger partial charge on any atom is -0.487 e. The van der Waals surface area contributed by atoms with E-state index >= 15 is 0 Å². The topological polar surface area (TPSA) is 21.3 Å². The molecule has 2 aliphatic rings. The smallest absolute Gasteiger partial charge is 0.126 e. The Kier molecular flexibility index (Phi) is 2.46. The highest BCUT2D eigenvalue weighted by Crippen LogP contribution is 2.53. The molecule has 2 heterocycles. The van der Waals surface area contributed by atoms with Gasteiger partial charge in [-0.05, 0) is 19.9 Å². The molecule has 1 N–H and O–H groups in total. The van der Waals surface area contributed by atoms with Crippen molar-refractivity contribution in [3.8, 4) is 5.75 Å². The van der Waals surface area contributed by atoms with Crippen molar-refractivity contribution in [1.29, 1.82) is 0 Å². The number of para-hydroxylation sites is 1. The average Bonchev–Trinajstić information content (AvgIpc) is 2.59. The molecule has 17 heavy (non-hydrogen) atoms. The second-order valence-electron chi connectivity index (χ2n) is 5.67. The Hall–Kier alpha value is -0.670. The molecule has 1 fully saturated rings. The molecular weight excluding hydrogens is 230 g/mol. The fraction of sp³-hybridized carbons (Fsp3) is 0.571. The van der Waals surface area contributed by atoms with Gasteiger partial charge >= 0.3 is 0 Å². The van der Waals surface area contributed by atoms with E-state index in [1.54, 1.807) is 0 Å². The van der Waals surface area contributed by atoms with Gasteiger partial charge in [-0.3, -0.25) is 5.32 Å². The van der Waals surface area contributed by atoms with Gasteiger partial charge < -0.3 is 4.74 Å². The van der Waals surface area contributed by atoms with E-state index in [0.717, 1.165) is 18.7 Å². The molecule has 0 amide bonds. The summed E-state index contributed by atoms with van der Waals surface area (Å²) in [7, 11) is 0. The molecule has 92 valence electrons. The second-order valence-corrected chi connectivity index (χ2v) is 7.41. The Bertz CT molecular complexity index is 446. The number of hydrogen-bond donors (Lipinski definition) is 1. The van der Waals surface area contributed by atoms with E-state index < -0.39 is 0 Å². The quantitative estimate of drug-likeness (QED) is 0.763. The van der Waals surface area contributed by atoms with Crippen molar-refractivity contribution < 1.29 is 4.74 Å². The zero-order valence-corrected chi connectivity index (χ0v) is 11.4. The van der Waals surface area contributed by atoms with Gasteiger partial charge in [-0.2, -0.15) is 0 Å². The summed E-state index contributed by atoms with van der Waals surface area (Å²) >= 11 is 2.04. The first-order valence-corrected chi connectivity index (χ1v) is 7.10. The largest absolute Gasteiger partial charge is 0.487 e. The Morgan fingerprint density at radius 2 is 2.12 bits per heavy atom. The van der Waals surface area contributed by atoms with Gasteiger partial charge in [0, 0.05) is 23.8 Å². The van der Waals surface area contributed by atoms with Crippen LogP contribution in [0.2, 0.25) is 0 Å². The second kappa shape index (κ2) is 3.66. The Balaban J connectivity index is 2.10. The highest BCUT2D eigenvalue weighted by Gasteiger charge is 2.48. The van der Waals surface area contributed by atoms with E-state index in [0.29, 0.717) is 5.25 Å². The molecule has 1 aromatic rings. The lowest BCUT2D eigenvalue weighted by molar-refractivity contribution is 0.0601. The van der Waals surface area contributed by atoms with Crippen molar-refractivity contribution in [3.63, 3.8) is 0 Å². The molecule has 1 aromatic carbocycles. The summed E-state index contributed by atoms with van der Waals surface area (Å²) in [5.41, 5.74) is 1.21. The third-order valence-electron chi connectivity index (χ3n) is 3.46. The summed E-state index contributed by atoms with van der Waals surface area (Å²) in [6.45, 7) is 7.72. The van der Waals surface area contributed by atoms with E-state index in [1.807, 2.05) is 11.8 Å². The summed E-state index contributed by atoms with van der Waals surface area (Å²) in [5, 5.41) is 4.38. The van der Waals surface area contributed by atoms with Crippen LogP contribution < -0.4 is 10.1 Å². The SMILES string of the molecule is CC1CNC2(CC(C)(C)Oc3ccccc32)S1. The van der Waals surface area contributed by atoms with Crippen LogP contribution in [0.15, 0.2) is 24.3 Å². The standard InChI is InChI=1S/C14H19NOS/c1-10-8-15-14(17-10)9-13(2,3)16-12-7-5-4-6-11(12)14/h4-7,10,15H,8-9H2,1-3H3. The van der Waals surface area contributed by atoms with Gasteiger partial charge in [-0.25, -0.2) is 0 Å². The van der Waals surface area contributed by atoms with E-state index in [2.05, 4.69) is 50.4 Å². The number of benzene rings is 1. The van der Waals surface area contributed by atoms with Crippen LogP contribution >= 0.6 is 11.8 Å². The molecule has 2 aliphatic heterocycles. The molecule has 0 aromatic heterocycles. The van der Waals surface area contributed by atoms with Crippen molar-refractivity contribution in [2.75, 3.05) is 6.54 Å². The van der Waals surface area contributed by atoms with Crippen LogP contribution in [0.3, 0.4) is 0 Å².